The minimum absolute atomic E-state index is 0.0256. The summed E-state index contributed by atoms with van der Waals surface area (Å²) in [6.45, 7) is 4.97. The van der Waals surface area contributed by atoms with Crippen LogP contribution in [0.1, 0.15) is 476 Å². The molecule has 1 amide bonds. The second-order valence-corrected chi connectivity index (χ2v) is 28.8. The fraction of sp³-hybridized carbons (Fsp3) is 0.929. The number of esters is 1. The van der Waals surface area contributed by atoms with Gasteiger partial charge in [0.05, 0.1) is 25.4 Å². The van der Waals surface area contributed by atoms with E-state index < -0.39 is 12.1 Å². The molecule has 0 aromatic heterocycles. The van der Waals surface area contributed by atoms with Crippen LogP contribution in [-0.2, 0) is 14.3 Å². The van der Waals surface area contributed by atoms with Gasteiger partial charge in [-0.05, 0) is 57.8 Å². The molecule has 0 heterocycles. The van der Waals surface area contributed by atoms with E-state index in [1.807, 2.05) is 6.08 Å². The number of carbonyl (C=O) groups excluding carboxylic acids is 2. The minimum Gasteiger partial charge on any atom is -0.466 e. The Bertz CT molecular complexity index is 1410. The highest BCUT2D eigenvalue weighted by atomic mass is 16.5. The van der Waals surface area contributed by atoms with Crippen molar-refractivity contribution >= 4 is 11.9 Å². The summed E-state index contributed by atoms with van der Waals surface area (Å²) in [7, 11) is 0. The molecule has 0 aliphatic heterocycles. The fourth-order valence-corrected chi connectivity index (χ4v) is 13.4. The van der Waals surface area contributed by atoms with E-state index in [2.05, 4.69) is 31.3 Å². The zero-order chi connectivity index (χ0) is 64.9. The Hall–Kier alpha value is -1.66. The molecule has 0 aromatic carbocycles. The van der Waals surface area contributed by atoms with Crippen LogP contribution in [0.5, 0.6) is 0 Å². The molecular formula is C84H163NO5. The predicted octanol–water partition coefficient (Wildman–Crippen LogP) is 27.6. The van der Waals surface area contributed by atoms with Gasteiger partial charge in [-0.1, -0.05) is 430 Å². The van der Waals surface area contributed by atoms with Gasteiger partial charge in [0.15, 0.2) is 0 Å². The topological polar surface area (TPSA) is 95.9 Å². The maximum absolute atomic E-state index is 12.5. The number of aliphatic hydroxyl groups excluding tert-OH is 2. The first-order valence-electron chi connectivity index (χ1n) is 41.6. The standard InChI is InChI=1S/C84H163NO5/c1-3-5-7-9-11-13-15-17-19-21-23-41-44-48-52-56-60-64-68-72-76-82(87)81(80-86)85-83(88)77-73-69-65-61-57-53-49-45-42-39-37-35-33-31-29-27-25-24-26-28-30-32-34-36-38-40-43-47-51-55-59-63-67-71-75-79-90-84(89)78-74-70-66-62-58-54-50-46-22-20-18-16-14-12-10-8-6-4-2/h26,28,72,76,81-82,86-87H,3-25,27,29-71,73-75,77-80H2,1-2H3,(H,85,88)/b28-26-,76-72+. The molecule has 2 unspecified atom stereocenters. The number of aliphatic hydroxyl groups is 2. The van der Waals surface area contributed by atoms with Crippen LogP contribution in [0, 0.1) is 0 Å². The predicted molar refractivity (Wildman–Crippen MR) is 398 cm³/mol. The van der Waals surface area contributed by atoms with Gasteiger partial charge in [-0.15, -0.1) is 0 Å². The van der Waals surface area contributed by atoms with E-state index in [0.717, 1.165) is 38.5 Å². The largest absolute Gasteiger partial charge is 0.466 e. The first-order valence-corrected chi connectivity index (χ1v) is 41.6. The number of nitrogens with one attached hydrogen (secondary N) is 1. The number of amides is 1. The summed E-state index contributed by atoms with van der Waals surface area (Å²) in [6.07, 6.45) is 103. The van der Waals surface area contributed by atoms with E-state index in [1.54, 1.807) is 6.08 Å². The van der Waals surface area contributed by atoms with Crippen LogP contribution in [0.3, 0.4) is 0 Å². The molecule has 0 rings (SSSR count). The Labute approximate surface area is 564 Å². The van der Waals surface area contributed by atoms with E-state index in [-0.39, 0.29) is 18.5 Å². The Balaban J connectivity index is 3.34. The van der Waals surface area contributed by atoms with Crippen LogP contribution in [-0.4, -0.2) is 47.4 Å². The highest BCUT2D eigenvalue weighted by Crippen LogP contribution is 2.20. The zero-order valence-corrected chi connectivity index (χ0v) is 61.4. The van der Waals surface area contributed by atoms with Gasteiger partial charge in [-0.3, -0.25) is 9.59 Å². The summed E-state index contributed by atoms with van der Waals surface area (Å²) >= 11 is 0. The van der Waals surface area contributed by atoms with Crippen molar-refractivity contribution in [2.24, 2.45) is 0 Å². The number of hydrogen-bond donors (Lipinski definition) is 3. The second kappa shape index (κ2) is 79.8. The molecule has 6 nitrogen and oxygen atoms in total. The van der Waals surface area contributed by atoms with Crippen molar-refractivity contribution in [3.05, 3.63) is 24.3 Å². The van der Waals surface area contributed by atoms with Crippen molar-refractivity contribution in [2.75, 3.05) is 13.2 Å². The van der Waals surface area contributed by atoms with Gasteiger partial charge < -0.3 is 20.3 Å². The van der Waals surface area contributed by atoms with Crippen molar-refractivity contribution < 1.29 is 24.5 Å². The summed E-state index contributed by atoms with van der Waals surface area (Å²) in [4.78, 5) is 24.7. The van der Waals surface area contributed by atoms with E-state index in [4.69, 9.17) is 4.74 Å². The number of unbranched alkanes of at least 4 members (excludes halogenated alkanes) is 66. The molecule has 0 saturated heterocycles. The smallest absolute Gasteiger partial charge is 0.305 e. The minimum atomic E-state index is -0.843. The Morgan fingerprint density at radius 3 is 0.789 bits per heavy atom. The molecule has 2 atom stereocenters. The molecule has 0 spiro atoms. The molecule has 0 aliphatic rings. The molecule has 0 aliphatic carbocycles. The quantitative estimate of drug-likeness (QED) is 0.0320. The molecule has 0 aromatic rings. The van der Waals surface area contributed by atoms with Crippen LogP contribution in [0.4, 0.5) is 0 Å². The highest BCUT2D eigenvalue weighted by molar-refractivity contribution is 5.76. The van der Waals surface area contributed by atoms with Gasteiger partial charge in [0.2, 0.25) is 5.91 Å². The monoisotopic (exact) mass is 1270 g/mol. The fourth-order valence-electron chi connectivity index (χ4n) is 13.4. The number of carbonyl (C=O) groups is 2. The summed E-state index contributed by atoms with van der Waals surface area (Å²) in [5.74, 6) is -0.0340. The van der Waals surface area contributed by atoms with E-state index in [1.165, 1.54) is 411 Å². The van der Waals surface area contributed by atoms with E-state index in [9.17, 15) is 19.8 Å². The van der Waals surface area contributed by atoms with Crippen molar-refractivity contribution in [1.82, 2.24) is 5.32 Å². The van der Waals surface area contributed by atoms with E-state index >= 15 is 0 Å². The second-order valence-electron chi connectivity index (χ2n) is 28.8. The normalized spacial score (nSPS) is 12.5. The molecule has 0 fully saturated rings. The highest BCUT2D eigenvalue weighted by Gasteiger charge is 2.18. The Morgan fingerprint density at radius 1 is 0.300 bits per heavy atom. The van der Waals surface area contributed by atoms with E-state index in [0.29, 0.717) is 19.4 Å². The number of allylic oxidation sites excluding steroid dienone is 3. The average Bonchev–Trinajstić information content (AvgIpc) is 3.68. The molecule has 3 N–H and O–H groups in total. The van der Waals surface area contributed by atoms with Crippen LogP contribution in [0.15, 0.2) is 24.3 Å². The zero-order valence-electron chi connectivity index (χ0n) is 61.4. The molecule has 0 bridgehead atoms. The van der Waals surface area contributed by atoms with Gasteiger partial charge in [0, 0.05) is 12.8 Å². The van der Waals surface area contributed by atoms with Crippen LogP contribution in [0.2, 0.25) is 0 Å². The lowest BCUT2D eigenvalue weighted by molar-refractivity contribution is -0.143. The molecular weight excluding hydrogens is 1100 g/mol. The van der Waals surface area contributed by atoms with Gasteiger partial charge >= 0.3 is 5.97 Å². The van der Waals surface area contributed by atoms with Gasteiger partial charge in [-0.25, -0.2) is 0 Å². The van der Waals surface area contributed by atoms with Crippen LogP contribution in [0.25, 0.3) is 0 Å². The third-order valence-electron chi connectivity index (χ3n) is 19.7. The summed E-state index contributed by atoms with van der Waals surface area (Å²) in [5, 5.41) is 23.3. The third-order valence-corrected chi connectivity index (χ3v) is 19.7. The summed E-state index contributed by atoms with van der Waals surface area (Å²) < 4.78 is 5.52. The first kappa shape index (κ1) is 88.3. The number of rotatable bonds is 79. The maximum atomic E-state index is 12.5. The number of ether oxygens (including phenoxy) is 1. The molecule has 534 valence electrons. The lowest BCUT2D eigenvalue weighted by Gasteiger charge is -2.20. The summed E-state index contributed by atoms with van der Waals surface area (Å²) in [6, 6.07) is -0.626. The molecule has 0 saturated carbocycles. The van der Waals surface area contributed by atoms with Gasteiger partial charge in [0.25, 0.3) is 0 Å². The van der Waals surface area contributed by atoms with Crippen molar-refractivity contribution in [3.63, 3.8) is 0 Å². The molecule has 6 heteroatoms. The lowest BCUT2D eigenvalue weighted by atomic mass is 10.0. The first-order chi connectivity index (χ1) is 44.5. The SMILES string of the molecule is CCCCCCCCCCCCCCCCCCCC/C=C/C(O)C(CO)NC(=O)CCCCCCCCCCCCCCCCCCC/C=C\CCCCCCCCCCCCCCCCOC(=O)CCCCCCCCCCCCCCCCCCCC. The van der Waals surface area contributed by atoms with Crippen LogP contribution < -0.4 is 5.32 Å². The number of hydrogen-bond acceptors (Lipinski definition) is 5. The molecule has 0 radical (unpaired) electrons. The molecule has 90 heavy (non-hydrogen) atoms. The maximum Gasteiger partial charge on any atom is 0.305 e. The van der Waals surface area contributed by atoms with Crippen molar-refractivity contribution in [1.29, 1.82) is 0 Å². The van der Waals surface area contributed by atoms with Crippen LogP contribution >= 0.6 is 0 Å². The van der Waals surface area contributed by atoms with Crippen molar-refractivity contribution in [2.45, 2.75) is 488 Å². The van der Waals surface area contributed by atoms with Crippen molar-refractivity contribution in [3.8, 4) is 0 Å². The van der Waals surface area contributed by atoms with Gasteiger partial charge in [-0.2, -0.15) is 0 Å². The Morgan fingerprint density at radius 2 is 0.522 bits per heavy atom. The lowest BCUT2D eigenvalue weighted by Crippen LogP contribution is -2.45. The third kappa shape index (κ3) is 75.4. The van der Waals surface area contributed by atoms with Gasteiger partial charge in [0.1, 0.15) is 0 Å². The Kier molecular flexibility index (Phi) is 78.3. The average molecular weight is 1270 g/mol. The summed E-state index contributed by atoms with van der Waals surface area (Å²) in [5.41, 5.74) is 0.